The van der Waals surface area contributed by atoms with Crippen molar-refractivity contribution in [1.29, 1.82) is 0 Å². The number of allylic oxidation sites excluding steroid dienone is 1. The molecule has 0 atom stereocenters. The van der Waals surface area contributed by atoms with Crippen LogP contribution < -0.4 is 5.32 Å². The molecule has 1 aromatic heterocycles. The van der Waals surface area contributed by atoms with Gasteiger partial charge < -0.3 is 5.11 Å². The Morgan fingerprint density at radius 1 is 1.03 bits per heavy atom. The number of rotatable bonds is 6. The van der Waals surface area contributed by atoms with Gasteiger partial charge in [-0.1, -0.05) is 59.4 Å². The van der Waals surface area contributed by atoms with Crippen molar-refractivity contribution in [3.63, 3.8) is 0 Å². The van der Waals surface area contributed by atoms with E-state index in [1.54, 1.807) is 0 Å². The molecule has 31 heavy (non-hydrogen) atoms. The molecule has 6 nitrogen and oxygen atoms in total. The Morgan fingerprint density at radius 2 is 1.74 bits per heavy atom. The molecule has 0 unspecified atom stereocenters. The van der Waals surface area contributed by atoms with E-state index in [0.717, 1.165) is 41.8 Å². The number of aromatic nitrogens is 2. The molecule has 0 saturated heterocycles. The average Bonchev–Trinajstić information content (AvgIpc) is 3.21. The largest absolute Gasteiger partial charge is 0.478 e. The monoisotopic (exact) mass is 433 g/mol. The molecule has 158 valence electrons. The molecule has 3 aromatic rings. The lowest BCUT2D eigenvalue weighted by atomic mass is 9.81. The van der Waals surface area contributed by atoms with E-state index >= 15 is 0 Å². The summed E-state index contributed by atoms with van der Waals surface area (Å²) in [6, 6.07) is 17.7. The predicted molar refractivity (Wildman–Crippen MR) is 120 cm³/mol. The Labute approximate surface area is 184 Å². The van der Waals surface area contributed by atoms with Crippen molar-refractivity contribution in [3.05, 3.63) is 87.9 Å². The topological polar surface area (TPSA) is 92.2 Å². The lowest BCUT2D eigenvalue weighted by Crippen LogP contribution is -2.12. The normalized spacial score (nSPS) is 16.0. The van der Waals surface area contributed by atoms with E-state index in [1.165, 1.54) is 23.0 Å². The molecule has 1 aliphatic carbocycles. The summed E-state index contributed by atoms with van der Waals surface area (Å²) in [4.78, 5) is 23.4. The van der Waals surface area contributed by atoms with E-state index in [0.29, 0.717) is 23.0 Å². The van der Waals surface area contributed by atoms with Crippen LogP contribution in [0.5, 0.6) is 0 Å². The molecular weight excluding hydrogens is 410 g/mol. The summed E-state index contributed by atoms with van der Waals surface area (Å²) in [6.07, 6.45) is 5.50. The van der Waals surface area contributed by atoms with Gasteiger partial charge in [-0.05, 0) is 54.9 Å². The Hall–Kier alpha value is -3.32. The lowest BCUT2D eigenvalue weighted by molar-refractivity contribution is -0.131. The van der Waals surface area contributed by atoms with Crippen molar-refractivity contribution in [2.24, 2.45) is 0 Å². The number of hydrogen-bond acceptors (Lipinski definition) is 5. The van der Waals surface area contributed by atoms with Gasteiger partial charge in [-0.3, -0.25) is 10.1 Å². The van der Waals surface area contributed by atoms with Crippen LogP contribution in [0.4, 0.5) is 5.13 Å². The van der Waals surface area contributed by atoms with Crippen LogP contribution in [0.3, 0.4) is 0 Å². The van der Waals surface area contributed by atoms with E-state index < -0.39 is 5.97 Å². The van der Waals surface area contributed by atoms with E-state index in [2.05, 4.69) is 15.5 Å². The maximum absolute atomic E-state index is 12.6. The second-order valence-corrected chi connectivity index (χ2v) is 8.72. The van der Waals surface area contributed by atoms with Gasteiger partial charge in [-0.2, -0.15) is 0 Å². The molecule has 0 bridgehead atoms. The van der Waals surface area contributed by atoms with Crippen molar-refractivity contribution < 1.29 is 14.7 Å². The number of carboxylic acid groups (broad SMARTS) is 1. The number of nitrogens with zero attached hydrogens (tertiary/aromatic N) is 2. The van der Waals surface area contributed by atoms with E-state index in [1.807, 2.05) is 54.6 Å². The highest BCUT2D eigenvalue weighted by molar-refractivity contribution is 7.15. The number of carbonyl (C=O) groups is 2. The van der Waals surface area contributed by atoms with Crippen LogP contribution in [0.25, 0.3) is 0 Å². The molecule has 1 aliphatic rings. The van der Waals surface area contributed by atoms with Crippen LogP contribution in [-0.4, -0.2) is 27.2 Å². The van der Waals surface area contributed by atoms with Gasteiger partial charge in [-0.25, -0.2) is 4.79 Å². The van der Waals surface area contributed by atoms with Crippen LogP contribution in [0.15, 0.2) is 66.2 Å². The first-order valence-corrected chi connectivity index (χ1v) is 11.1. The van der Waals surface area contributed by atoms with Crippen molar-refractivity contribution in [2.45, 2.75) is 38.0 Å². The lowest BCUT2D eigenvalue weighted by Gasteiger charge is -2.24. The summed E-state index contributed by atoms with van der Waals surface area (Å²) in [5.74, 6) is -0.678. The number of aliphatic carboxylic acids is 1. The fourth-order valence-electron chi connectivity index (χ4n) is 3.86. The SMILES string of the molecule is O=C(O)C=C1CCC(c2ccc(C(=O)Nc3nnc(Cc4ccccc4)s3)cc2)CC1. The number of amides is 1. The van der Waals surface area contributed by atoms with Gasteiger partial charge in [0, 0.05) is 18.1 Å². The number of carbonyl (C=O) groups excluding carboxylic acids is 1. The number of benzene rings is 2. The molecule has 7 heteroatoms. The first-order valence-electron chi connectivity index (χ1n) is 10.3. The molecule has 4 rings (SSSR count). The number of carboxylic acids is 1. The van der Waals surface area contributed by atoms with Crippen LogP contribution >= 0.6 is 11.3 Å². The van der Waals surface area contributed by atoms with Crippen LogP contribution in [0.1, 0.15) is 58.1 Å². The van der Waals surface area contributed by atoms with Crippen molar-refractivity contribution in [1.82, 2.24) is 10.2 Å². The van der Waals surface area contributed by atoms with Gasteiger partial charge in [0.05, 0.1) is 0 Å². The third-order valence-electron chi connectivity index (χ3n) is 5.49. The molecule has 0 aliphatic heterocycles. The Kier molecular flexibility index (Phi) is 6.52. The Balaban J connectivity index is 1.33. The third kappa shape index (κ3) is 5.64. The first-order chi connectivity index (χ1) is 15.1. The molecule has 2 aromatic carbocycles. The van der Waals surface area contributed by atoms with Gasteiger partial charge >= 0.3 is 5.97 Å². The summed E-state index contributed by atoms with van der Waals surface area (Å²) in [6.45, 7) is 0. The van der Waals surface area contributed by atoms with E-state index in [-0.39, 0.29) is 5.91 Å². The second kappa shape index (κ2) is 9.66. The zero-order valence-corrected chi connectivity index (χ0v) is 17.8. The standard InChI is InChI=1S/C24H23N3O3S/c28-22(29)15-17-6-8-18(9-7-17)19-10-12-20(13-11-19)23(30)25-24-27-26-21(31-24)14-16-4-2-1-3-5-16/h1-5,10-13,15,18H,6-9,14H2,(H,28,29)(H,25,27,30). The van der Waals surface area contributed by atoms with Crippen LogP contribution in [0, 0.1) is 0 Å². The molecule has 1 heterocycles. The van der Waals surface area contributed by atoms with Crippen molar-refractivity contribution in [3.8, 4) is 0 Å². The molecule has 1 fully saturated rings. The molecule has 0 spiro atoms. The zero-order valence-electron chi connectivity index (χ0n) is 17.0. The van der Waals surface area contributed by atoms with Gasteiger partial charge in [0.25, 0.3) is 5.91 Å². The molecule has 0 radical (unpaired) electrons. The minimum absolute atomic E-state index is 0.204. The second-order valence-electron chi connectivity index (χ2n) is 7.65. The number of hydrogen-bond donors (Lipinski definition) is 2. The third-order valence-corrected chi connectivity index (χ3v) is 6.32. The summed E-state index contributed by atoms with van der Waals surface area (Å²) in [5, 5.41) is 21.3. The van der Waals surface area contributed by atoms with E-state index in [9.17, 15) is 9.59 Å². The highest BCUT2D eigenvalue weighted by Crippen LogP contribution is 2.35. The van der Waals surface area contributed by atoms with Crippen molar-refractivity contribution in [2.75, 3.05) is 5.32 Å². The van der Waals surface area contributed by atoms with Crippen LogP contribution in [-0.2, 0) is 11.2 Å². The van der Waals surface area contributed by atoms with Gasteiger partial charge in [0.1, 0.15) is 5.01 Å². The number of anilines is 1. The molecule has 1 amide bonds. The number of nitrogens with one attached hydrogen (secondary N) is 1. The summed E-state index contributed by atoms with van der Waals surface area (Å²) in [5.41, 5.74) is 3.92. The fourth-order valence-corrected chi connectivity index (χ4v) is 4.63. The Bertz CT molecular complexity index is 1080. The maximum atomic E-state index is 12.6. The maximum Gasteiger partial charge on any atom is 0.328 e. The minimum atomic E-state index is -0.869. The average molecular weight is 434 g/mol. The van der Waals surface area contributed by atoms with Crippen LogP contribution in [0.2, 0.25) is 0 Å². The summed E-state index contributed by atoms with van der Waals surface area (Å²) in [7, 11) is 0. The first kappa shape index (κ1) is 20.9. The highest BCUT2D eigenvalue weighted by Gasteiger charge is 2.19. The molecule has 2 N–H and O–H groups in total. The minimum Gasteiger partial charge on any atom is -0.478 e. The predicted octanol–water partition coefficient (Wildman–Crippen LogP) is 5.05. The summed E-state index contributed by atoms with van der Waals surface area (Å²) < 4.78 is 0. The van der Waals surface area contributed by atoms with Gasteiger partial charge in [0.15, 0.2) is 0 Å². The smallest absolute Gasteiger partial charge is 0.328 e. The molecule has 1 saturated carbocycles. The molecular formula is C24H23N3O3S. The van der Waals surface area contributed by atoms with E-state index in [4.69, 9.17) is 5.11 Å². The van der Waals surface area contributed by atoms with Gasteiger partial charge in [-0.15, -0.1) is 10.2 Å². The fraction of sp³-hybridized carbons (Fsp3) is 0.250. The quantitative estimate of drug-likeness (QED) is 0.531. The summed E-state index contributed by atoms with van der Waals surface area (Å²) >= 11 is 1.38. The van der Waals surface area contributed by atoms with Crippen molar-refractivity contribution >= 4 is 28.3 Å². The van der Waals surface area contributed by atoms with Gasteiger partial charge in [0.2, 0.25) is 5.13 Å². The zero-order chi connectivity index (χ0) is 21.6. The highest BCUT2D eigenvalue weighted by atomic mass is 32.1. The Morgan fingerprint density at radius 3 is 2.42 bits per heavy atom.